The minimum atomic E-state index is -0.749. The summed E-state index contributed by atoms with van der Waals surface area (Å²) in [7, 11) is 0. The highest BCUT2D eigenvalue weighted by atomic mass is 32.1. The number of nitrogens with zero attached hydrogens (tertiary/aromatic N) is 1. The van der Waals surface area contributed by atoms with Gasteiger partial charge < -0.3 is 10.6 Å². The second-order valence-corrected chi connectivity index (χ2v) is 8.59. The molecule has 2 rings (SSSR count). The first-order valence-electron chi connectivity index (χ1n) is 8.32. The predicted molar refractivity (Wildman–Crippen MR) is 96.0 cm³/mol. The van der Waals surface area contributed by atoms with Crippen LogP contribution in [0.5, 0.6) is 0 Å². The van der Waals surface area contributed by atoms with Gasteiger partial charge in [-0.1, -0.05) is 40.0 Å². The molecule has 0 spiro atoms. The summed E-state index contributed by atoms with van der Waals surface area (Å²) in [5.74, 6) is -0.311. The van der Waals surface area contributed by atoms with Crippen LogP contribution in [-0.4, -0.2) is 17.4 Å². The van der Waals surface area contributed by atoms with Crippen molar-refractivity contribution in [1.82, 2.24) is 5.32 Å². The average molecular weight is 347 g/mol. The number of hydrogen-bond acceptors (Lipinski definition) is 4. The van der Waals surface area contributed by atoms with E-state index in [9.17, 15) is 14.9 Å². The summed E-state index contributed by atoms with van der Waals surface area (Å²) in [4.78, 5) is 25.3. The number of rotatable bonds is 3. The van der Waals surface area contributed by atoms with Crippen molar-refractivity contribution in [3.8, 4) is 6.07 Å². The first kappa shape index (κ1) is 18.5. The van der Waals surface area contributed by atoms with E-state index in [0.717, 1.165) is 24.8 Å². The van der Waals surface area contributed by atoms with Gasteiger partial charge in [0.2, 0.25) is 5.91 Å². The minimum absolute atomic E-state index is 0.0866. The van der Waals surface area contributed by atoms with Gasteiger partial charge in [-0.15, -0.1) is 11.3 Å². The zero-order chi connectivity index (χ0) is 18.0. The highest BCUT2D eigenvalue weighted by Crippen LogP contribution is 2.31. The predicted octanol–water partition coefficient (Wildman–Crippen LogP) is 4.00. The zero-order valence-corrected chi connectivity index (χ0v) is 15.6. The fourth-order valence-electron chi connectivity index (χ4n) is 2.76. The highest BCUT2D eigenvalue weighted by Gasteiger charge is 2.34. The number of hydrogen-bond donors (Lipinski definition) is 2. The lowest BCUT2D eigenvalue weighted by molar-refractivity contribution is -0.123. The Bertz CT molecular complexity index is 673. The number of aryl methyl sites for hydroxylation is 1. The monoisotopic (exact) mass is 347 g/mol. The Labute approximate surface area is 147 Å². The third kappa shape index (κ3) is 4.15. The summed E-state index contributed by atoms with van der Waals surface area (Å²) >= 11 is 1.26. The van der Waals surface area contributed by atoms with Crippen molar-refractivity contribution in [3.05, 3.63) is 16.5 Å². The van der Waals surface area contributed by atoms with Crippen LogP contribution in [0.1, 0.15) is 68.1 Å². The highest BCUT2D eigenvalue weighted by molar-refractivity contribution is 7.18. The molecule has 0 saturated heterocycles. The lowest BCUT2D eigenvalue weighted by Crippen LogP contribution is -2.48. The minimum Gasteiger partial charge on any atom is -0.333 e. The molecule has 1 aliphatic rings. The lowest BCUT2D eigenvalue weighted by atomic mass is 9.83. The Hall–Kier alpha value is -1.87. The fraction of sp³-hybridized carbons (Fsp3) is 0.611. The van der Waals surface area contributed by atoms with Crippen LogP contribution in [0.25, 0.3) is 0 Å². The van der Waals surface area contributed by atoms with Gasteiger partial charge in [0.1, 0.15) is 5.54 Å². The number of carbonyl (C=O) groups excluding carboxylic acids is 2. The maximum Gasteiger partial charge on any atom is 0.262 e. The second kappa shape index (κ2) is 6.94. The van der Waals surface area contributed by atoms with E-state index in [-0.39, 0.29) is 11.8 Å². The molecule has 1 aromatic rings. The molecular formula is C18H25N3O2S. The molecule has 0 bridgehead atoms. The molecule has 1 aromatic heterocycles. The average Bonchev–Trinajstić information content (AvgIpc) is 2.88. The molecule has 0 aliphatic heterocycles. The number of carbonyl (C=O) groups is 2. The van der Waals surface area contributed by atoms with Crippen LogP contribution in [0.3, 0.4) is 0 Å². The second-order valence-electron chi connectivity index (χ2n) is 7.54. The van der Waals surface area contributed by atoms with Gasteiger partial charge >= 0.3 is 0 Å². The van der Waals surface area contributed by atoms with Gasteiger partial charge in [-0.25, -0.2) is 0 Å². The molecule has 0 unspecified atom stereocenters. The van der Waals surface area contributed by atoms with Crippen molar-refractivity contribution < 1.29 is 9.59 Å². The van der Waals surface area contributed by atoms with Gasteiger partial charge in [-0.3, -0.25) is 9.59 Å². The Morgan fingerprint density at radius 2 is 1.88 bits per heavy atom. The van der Waals surface area contributed by atoms with Crippen LogP contribution < -0.4 is 10.6 Å². The zero-order valence-electron chi connectivity index (χ0n) is 14.8. The van der Waals surface area contributed by atoms with Crippen molar-refractivity contribution in [2.45, 2.75) is 65.3 Å². The van der Waals surface area contributed by atoms with E-state index in [1.807, 2.05) is 33.8 Å². The quantitative estimate of drug-likeness (QED) is 0.867. The summed E-state index contributed by atoms with van der Waals surface area (Å²) in [6, 6.07) is 4.11. The van der Waals surface area contributed by atoms with E-state index < -0.39 is 11.0 Å². The van der Waals surface area contributed by atoms with Gasteiger partial charge in [-0.2, -0.15) is 5.26 Å². The molecule has 1 saturated carbocycles. The van der Waals surface area contributed by atoms with Gasteiger partial charge in [0.25, 0.3) is 5.91 Å². The van der Waals surface area contributed by atoms with Crippen molar-refractivity contribution >= 4 is 28.2 Å². The van der Waals surface area contributed by atoms with E-state index in [0.29, 0.717) is 22.7 Å². The third-order valence-corrected chi connectivity index (χ3v) is 5.47. The summed E-state index contributed by atoms with van der Waals surface area (Å²) in [5, 5.41) is 16.0. The molecule has 130 valence electrons. The van der Waals surface area contributed by atoms with Gasteiger partial charge in [0.15, 0.2) is 0 Å². The smallest absolute Gasteiger partial charge is 0.262 e. The number of thiophene rings is 1. The maximum absolute atomic E-state index is 12.6. The third-order valence-electron chi connectivity index (χ3n) is 4.32. The fourth-order valence-corrected chi connectivity index (χ4v) is 3.73. The van der Waals surface area contributed by atoms with E-state index >= 15 is 0 Å². The van der Waals surface area contributed by atoms with Gasteiger partial charge in [0, 0.05) is 5.41 Å². The Morgan fingerprint density at radius 3 is 2.42 bits per heavy atom. The molecule has 6 heteroatoms. The standard InChI is InChI=1S/C18H25N3O2S/c1-12-10-13(20-16(23)17(2,3)4)24-14(12)15(22)21-18(11-19)8-6-5-7-9-18/h10H,5-9H2,1-4H3,(H,20,23)(H,21,22). The first-order chi connectivity index (χ1) is 11.2. The maximum atomic E-state index is 12.6. The van der Waals surface area contributed by atoms with E-state index in [4.69, 9.17) is 0 Å². The summed E-state index contributed by atoms with van der Waals surface area (Å²) in [6.45, 7) is 7.38. The van der Waals surface area contributed by atoms with Crippen LogP contribution >= 0.6 is 11.3 Å². The molecule has 0 radical (unpaired) electrons. The molecule has 1 aliphatic carbocycles. The normalized spacial score (nSPS) is 17.0. The molecule has 0 aromatic carbocycles. The number of anilines is 1. The van der Waals surface area contributed by atoms with E-state index in [1.54, 1.807) is 0 Å². The molecule has 24 heavy (non-hydrogen) atoms. The lowest BCUT2D eigenvalue weighted by Gasteiger charge is -2.31. The molecule has 2 amide bonds. The van der Waals surface area contributed by atoms with Crippen LogP contribution in [0.15, 0.2) is 6.07 Å². The van der Waals surface area contributed by atoms with Crippen molar-refractivity contribution in [1.29, 1.82) is 5.26 Å². The summed E-state index contributed by atoms with van der Waals surface area (Å²) in [6.07, 6.45) is 4.44. The molecule has 5 nitrogen and oxygen atoms in total. The van der Waals surface area contributed by atoms with E-state index in [1.165, 1.54) is 11.3 Å². The summed E-state index contributed by atoms with van der Waals surface area (Å²) in [5.41, 5.74) is -0.431. The van der Waals surface area contributed by atoms with Gasteiger partial charge in [0.05, 0.1) is 15.9 Å². The molecule has 1 heterocycles. The number of nitrogens with one attached hydrogen (secondary N) is 2. The van der Waals surface area contributed by atoms with Crippen molar-refractivity contribution in [2.24, 2.45) is 5.41 Å². The van der Waals surface area contributed by atoms with E-state index in [2.05, 4.69) is 16.7 Å². The topological polar surface area (TPSA) is 82.0 Å². The van der Waals surface area contributed by atoms with Crippen molar-refractivity contribution in [3.63, 3.8) is 0 Å². The number of amides is 2. The SMILES string of the molecule is Cc1cc(NC(=O)C(C)(C)C)sc1C(=O)NC1(C#N)CCCCC1. The molecule has 1 fully saturated rings. The van der Waals surface area contributed by atoms with Crippen LogP contribution in [0.4, 0.5) is 5.00 Å². The van der Waals surface area contributed by atoms with Gasteiger partial charge in [-0.05, 0) is 31.4 Å². The Kier molecular flexibility index (Phi) is 5.34. The first-order valence-corrected chi connectivity index (χ1v) is 9.14. The van der Waals surface area contributed by atoms with Crippen molar-refractivity contribution in [2.75, 3.05) is 5.32 Å². The van der Waals surface area contributed by atoms with Crippen LogP contribution in [0.2, 0.25) is 0 Å². The molecule has 2 N–H and O–H groups in total. The largest absolute Gasteiger partial charge is 0.333 e. The number of nitriles is 1. The summed E-state index contributed by atoms with van der Waals surface area (Å²) < 4.78 is 0. The Balaban J connectivity index is 2.13. The molecular weight excluding hydrogens is 322 g/mol. The van der Waals surface area contributed by atoms with Crippen LogP contribution in [-0.2, 0) is 4.79 Å². The Morgan fingerprint density at radius 1 is 1.25 bits per heavy atom. The molecule has 0 atom stereocenters. The van der Waals surface area contributed by atoms with Crippen LogP contribution in [0, 0.1) is 23.7 Å².